The van der Waals surface area contributed by atoms with Gasteiger partial charge in [-0.25, -0.2) is 4.39 Å². The standard InChI is InChI=1S/C16H15BrClF/c17-15-7-5-12(6-8-15)9-13(11-18)10-14-3-1-2-4-16(14)19/h1-8,13H,9-11H2. The van der Waals surface area contributed by atoms with Crippen LogP contribution in [0.3, 0.4) is 0 Å². The summed E-state index contributed by atoms with van der Waals surface area (Å²) < 4.78 is 14.7. The molecule has 2 rings (SSSR count). The zero-order valence-corrected chi connectivity index (χ0v) is 12.8. The van der Waals surface area contributed by atoms with E-state index in [4.69, 9.17) is 11.6 Å². The van der Waals surface area contributed by atoms with E-state index in [1.54, 1.807) is 6.07 Å². The molecule has 0 aromatic heterocycles. The molecule has 0 aliphatic heterocycles. The highest BCUT2D eigenvalue weighted by Gasteiger charge is 2.12. The lowest BCUT2D eigenvalue weighted by atomic mass is 9.94. The molecule has 3 heteroatoms. The van der Waals surface area contributed by atoms with E-state index in [0.717, 1.165) is 16.5 Å². The van der Waals surface area contributed by atoms with Crippen LogP contribution in [0.5, 0.6) is 0 Å². The molecule has 100 valence electrons. The molecule has 0 aliphatic carbocycles. The van der Waals surface area contributed by atoms with Gasteiger partial charge in [0, 0.05) is 10.4 Å². The average Bonchev–Trinajstić information content (AvgIpc) is 2.43. The molecule has 0 heterocycles. The lowest BCUT2D eigenvalue weighted by Gasteiger charge is -2.14. The Bertz CT molecular complexity index is 525. The molecule has 2 aromatic rings. The molecule has 0 spiro atoms. The Morgan fingerprint density at radius 2 is 1.68 bits per heavy atom. The monoisotopic (exact) mass is 340 g/mol. The Labute approximate surface area is 126 Å². The lowest BCUT2D eigenvalue weighted by molar-refractivity contribution is 0.546. The minimum Gasteiger partial charge on any atom is -0.207 e. The van der Waals surface area contributed by atoms with Crippen LogP contribution in [0.15, 0.2) is 53.0 Å². The molecule has 0 bridgehead atoms. The van der Waals surface area contributed by atoms with Crippen LogP contribution in [-0.4, -0.2) is 5.88 Å². The van der Waals surface area contributed by atoms with Gasteiger partial charge in [-0.2, -0.15) is 0 Å². The van der Waals surface area contributed by atoms with Crippen molar-refractivity contribution >= 4 is 27.5 Å². The maximum Gasteiger partial charge on any atom is 0.126 e. The van der Waals surface area contributed by atoms with Crippen LogP contribution in [0.1, 0.15) is 11.1 Å². The van der Waals surface area contributed by atoms with E-state index < -0.39 is 0 Å². The molecular formula is C16H15BrClF. The molecule has 1 unspecified atom stereocenters. The first-order chi connectivity index (χ1) is 9.19. The van der Waals surface area contributed by atoms with Gasteiger partial charge >= 0.3 is 0 Å². The van der Waals surface area contributed by atoms with Gasteiger partial charge in [0.15, 0.2) is 0 Å². The Morgan fingerprint density at radius 3 is 2.32 bits per heavy atom. The first kappa shape index (κ1) is 14.5. The van der Waals surface area contributed by atoms with Crippen molar-refractivity contribution in [3.05, 3.63) is 69.9 Å². The van der Waals surface area contributed by atoms with Crippen LogP contribution in [-0.2, 0) is 12.8 Å². The van der Waals surface area contributed by atoms with Crippen molar-refractivity contribution in [1.29, 1.82) is 0 Å². The number of hydrogen-bond donors (Lipinski definition) is 0. The predicted octanol–water partition coefficient (Wildman–Crippen LogP) is 5.23. The van der Waals surface area contributed by atoms with Gasteiger partial charge in [0.1, 0.15) is 5.82 Å². The molecule has 0 aliphatic rings. The highest BCUT2D eigenvalue weighted by Crippen LogP contribution is 2.19. The Kier molecular flexibility index (Phi) is 5.41. The van der Waals surface area contributed by atoms with Crippen LogP contribution < -0.4 is 0 Å². The van der Waals surface area contributed by atoms with Crippen LogP contribution in [0.2, 0.25) is 0 Å². The van der Waals surface area contributed by atoms with Gasteiger partial charge in [0.25, 0.3) is 0 Å². The first-order valence-corrected chi connectivity index (χ1v) is 7.55. The van der Waals surface area contributed by atoms with Gasteiger partial charge in [0.05, 0.1) is 0 Å². The minimum absolute atomic E-state index is 0.145. The summed E-state index contributed by atoms with van der Waals surface area (Å²) >= 11 is 9.44. The normalized spacial score (nSPS) is 12.4. The lowest BCUT2D eigenvalue weighted by Crippen LogP contribution is -2.11. The third-order valence-corrected chi connectivity index (χ3v) is 4.09. The van der Waals surface area contributed by atoms with Crippen LogP contribution >= 0.6 is 27.5 Å². The molecule has 0 saturated carbocycles. The van der Waals surface area contributed by atoms with E-state index in [2.05, 4.69) is 28.1 Å². The number of hydrogen-bond acceptors (Lipinski definition) is 0. The SMILES string of the molecule is Fc1ccccc1CC(CCl)Cc1ccc(Br)cc1. The molecular weight excluding hydrogens is 327 g/mol. The Morgan fingerprint density at radius 1 is 1.00 bits per heavy atom. The molecule has 0 amide bonds. The van der Waals surface area contributed by atoms with Crippen molar-refractivity contribution in [2.45, 2.75) is 12.8 Å². The second-order valence-corrected chi connectivity index (χ2v) is 5.87. The molecule has 1 atom stereocenters. The second-order valence-electron chi connectivity index (χ2n) is 4.65. The molecule has 2 aromatic carbocycles. The van der Waals surface area contributed by atoms with E-state index in [-0.39, 0.29) is 11.7 Å². The summed E-state index contributed by atoms with van der Waals surface area (Å²) in [6.07, 6.45) is 1.54. The second kappa shape index (κ2) is 7.06. The highest BCUT2D eigenvalue weighted by atomic mass is 79.9. The third-order valence-electron chi connectivity index (χ3n) is 3.12. The molecule has 0 N–H and O–H groups in total. The summed E-state index contributed by atoms with van der Waals surface area (Å²) in [5.74, 6) is 0.637. The summed E-state index contributed by atoms with van der Waals surface area (Å²) in [6.45, 7) is 0. The zero-order valence-electron chi connectivity index (χ0n) is 10.5. The molecule has 0 nitrogen and oxygen atoms in total. The maximum atomic E-state index is 13.6. The van der Waals surface area contributed by atoms with Crippen LogP contribution in [0, 0.1) is 11.7 Å². The quantitative estimate of drug-likeness (QED) is 0.653. The third kappa shape index (κ3) is 4.32. The van der Waals surface area contributed by atoms with E-state index >= 15 is 0 Å². The number of rotatable bonds is 5. The summed E-state index contributed by atoms with van der Waals surface area (Å²) in [6, 6.07) is 15.1. The van der Waals surface area contributed by atoms with E-state index in [0.29, 0.717) is 12.3 Å². The first-order valence-electron chi connectivity index (χ1n) is 6.23. The zero-order chi connectivity index (χ0) is 13.7. The molecule has 0 fully saturated rings. The molecule has 19 heavy (non-hydrogen) atoms. The highest BCUT2D eigenvalue weighted by molar-refractivity contribution is 9.10. The van der Waals surface area contributed by atoms with E-state index in [9.17, 15) is 4.39 Å². The van der Waals surface area contributed by atoms with Crippen molar-refractivity contribution in [1.82, 2.24) is 0 Å². The summed E-state index contributed by atoms with van der Waals surface area (Å²) in [7, 11) is 0. The van der Waals surface area contributed by atoms with Crippen molar-refractivity contribution in [2.75, 3.05) is 5.88 Å². The van der Waals surface area contributed by atoms with Crippen molar-refractivity contribution in [3.8, 4) is 0 Å². The fourth-order valence-corrected chi connectivity index (χ4v) is 2.59. The Balaban J connectivity index is 2.05. The van der Waals surface area contributed by atoms with Gasteiger partial charge in [-0.05, 0) is 48.1 Å². The van der Waals surface area contributed by atoms with Crippen LogP contribution in [0.25, 0.3) is 0 Å². The van der Waals surface area contributed by atoms with Crippen molar-refractivity contribution in [3.63, 3.8) is 0 Å². The number of halogens is 3. The topological polar surface area (TPSA) is 0 Å². The summed E-state index contributed by atoms with van der Waals surface area (Å²) in [5, 5.41) is 0. The van der Waals surface area contributed by atoms with Gasteiger partial charge in [0.2, 0.25) is 0 Å². The fraction of sp³-hybridized carbons (Fsp3) is 0.250. The summed E-state index contributed by atoms with van der Waals surface area (Å²) in [4.78, 5) is 0. The summed E-state index contributed by atoms with van der Waals surface area (Å²) in [5.41, 5.74) is 1.97. The Hall–Kier alpha value is -0.860. The smallest absolute Gasteiger partial charge is 0.126 e. The van der Waals surface area contributed by atoms with Crippen LogP contribution in [0.4, 0.5) is 4.39 Å². The van der Waals surface area contributed by atoms with Gasteiger partial charge in [-0.15, -0.1) is 11.6 Å². The van der Waals surface area contributed by atoms with Gasteiger partial charge in [-0.3, -0.25) is 0 Å². The van der Waals surface area contributed by atoms with E-state index in [1.165, 1.54) is 11.6 Å². The molecule has 0 radical (unpaired) electrons. The fourth-order valence-electron chi connectivity index (χ4n) is 2.11. The minimum atomic E-state index is -0.145. The van der Waals surface area contributed by atoms with Crippen molar-refractivity contribution < 1.29 is 4.39 Å². The number of alkyl halides is 1. The van der Waals surface area contributed by atoms with Gasteiger partial charge < -0.3 is 0 Å². The number of benzene rings is 2. The van der Waals surface area contributed by atoms with Gasteiger partial charge in [-0.1, -0.05) is 46.3 Å². The average molecular weight is 342 g/mol. The predicted molar refractivity (Wildman–Crippen MR) is 82.2 cm³/mol. The van der Waals surface area contributed by atoms with Crippen molar-refractivity contribution in [2.24, 2.45) is 5.92 Å². The van der Waals surface area contributed by atoms with E-state index in [1.807, 2.05) is 24.3 Å². The largest absolute Gasteiger partial charge is 0.207 e. The maximum absolute atomic E-state index is 13.6. The molecule has 0 saturated heterocycles.